The summed E-state index contributed by atoms with van der Waals surface area (Å²) in [5, 5.41) is 9.81. The van der Waals surface area contributed by atoms with Crippen LogP contribution < -0.4 is 10.5 Å². The predicted molar refractivity (Wildman–Crippen MR) is 81.0 cm³/mol. The Morgan fingerprint density at radius 3 is 2.70 bits per heavy atom. The largest absolute Gasteiger partial charge is 0.490 e. The SMILES string of the molecule is CCCCOCC(O)COc1ccc(C)cc1[C@H](C)N. The molecule has 0 amide bonds. The highest BCUT2D eigenvalue weighted by molar-refractivity contribution is 5.38. The molecular formula is C16H27NO3. The second-order valence-electron chi connectivity index (χ2n) is 5.22. The van der Waals surface area contributed by atoms with E-state index in [0.717, 1.165) is 29.7 Å². The van der Waals surface area contributed by atoms with E-state index >= 15 is 0 Å². The van der Waals surface area contributed by atoms with E-state index in [1.165, 1.54) is 0 Å². The van der Waals surface area contributed by atoms with Gasteiger partial charge in [-0.05, 0) is 26.3 Å². The third-order valence-corrected chi connectivity index (χ3v) is 3.04. The molecule has 4 heteroatoms. The van der Waals surface area contributed by atoms with Crippen LogP contribution >= 0.6 is 0 Å². The molecule has 0 saturated heterocycles. The first-order valence-corrected chi connectivity index (χ1v) is 7.29. The zero-order valence-corrected chi connectivity index (χ0v) is 12.8. The van der Waals surface area contributed by atoms with E-state index in [1.807, 2.05) is 32.0 Å². The van der Waals surface area contributed by atoms with Crippen molar-refractivity contribution in [2.45, 2.75) is 45.8 Å². The highest BCUT2D eigenvalue weighted by Gasteiger charge is 2.11. The summed E-state index contributed by atoms with van der Waals surface area (Å²) >= 11 is 0. The van der Waals surface area contributed by atoms with Crippen molar-refractivity contribution < 1.29 is 14.6 Å². The first kappa shape index (κ1) is 17.0. The Labute approximate surface area is 121 Å². The summed E-state index contributed by atoms with van der Waals surface area (Å²) in [5.41, 5.74) is 8.04. The number of nitrogens with two attached hydrogens (primary N) is 1. The summed E-state index contributed by atoms with van der Waals surface area (Å²) in [6.45, 7) is 7.26. The third kappa shape index (κ3) is 5.90. The van der Waals surface area contributed by atoms with Gasteiger partial charge < -0.3 is 20.3 Å². The molecule has 4 nitrogen and oxygen atoms in total. The normalized spacial score (nSPS) is 14.1. The predicted octanol–water partition coefficient (Wildman–Crippen LogP) is 2.57. The molecule has 20 heavy (non-hydrogen) atoms. The van der Waals surface area contributed by atoms with Gasteiger partial charge in [0, 0.05) is 18.2 Å². The van der Waals surface area contributed by atoms with Crippen molar-refractivity contribution in [3.8, 4) is 5.75 Å². The van der Waals surface area contributed by atoms with Gasteiger partial charge in [-0.25, -0.2) is 0 Å². The molecule has 0 saturated carbocycles. The van der Waals surface area contributed by atoms with Crippen LogP contribution in [0.4, 0.5) is 0 Å². The maximum Gasteiger partial charge on any atom is 0.124 e. The molecule has 1 rings (SSSR count). The molecule has 0 heterocycles. The minimum atomic E-state index is -0.617. The highest BCUT2D eigenvalue weighted by atomic mass is 16.5. The monoisotopic (exact) mass is 281 g/mol. The first-order valence-electron chi connectivity index (χ1n) is 7.29. The number of hydrogen-bond acceptors (Lipinski definition) is 4. The molecule has 0 bridgehead atoms. The molecule has 0 fully saturated rings. The van der Waals surface area contributed by atoms with Crippen molar-refractivity contribution in [2.75, 3.05) is 19.8 Å². The van der Waals surface area contributed by atoms with E-state index in [-0.39, 0.29) is 12.6 Å². The van der Waals surface area contributed by atoms with Gasteiger partial charge in [0.25, 0.3) is 0 Å². The molecule has 0 aromatic heterocycles. The van der Waals surface area contributed by atoms with Gasteiger partial charge in [0.15, 0.2) is 0 Å². The summed E-state index contributed by atoms with van der Waals surface area (Å²) < 4.78 is 11.0. The van der Waals surface area contributed by atoms with Crippen molar-refractivity contribution in [1.82, 2.24) is 0 Å². The molecule has 1 unspecified atom stereocenters. The molecule has 0 radical (unpaired) electrons. The number of aliphatic hydroxyl groups is 1. The standard InChI is InChI=1S/C16H27NO3/c1-4-5-8-19-10-14(18)11-20-16-7-6-12(2)9-15(16)13(3)17/h6-7,9,13-14,18H,4-5,8,10-11,17H2,1-3H3/t13-,14?/m0/s1. The maximum atomic E-state index is 9.81. The summed E-state index contributed by atoms with van der Waals surface area (Å²) in [5.74, 6) is 0.734. The summed E-state index contributed by atoms with van der Waals surface area (Å²) in [4.78, 5) is 0. The molecule has 1 aromatic carbocycles. The lowest BCUT2D eigenvalue weighted by Crippen LogP contribution is -2.24. The highest BCUT2D eigenvalue weighted by Crippen LogP contribution is 2.25. The second-order valence-corrected chi connectivity index (χ2v) is 5.22. The smallest absolute Gasteiger partial charge is 0.124 e. The number of unbranched alkanes of at least 4 members (excludes halogenated alkanes) is 1. The molecule has 3 N–H and O–H groups in total. The van der Waals surface area contributed by atoms with E-state index in [4.69, 9.17) is 15.2 Å². The molecule has 114 valence electrons. The van der Waals surface area contributed by atoms with Crippen molar-refractivity contribution >= 4 is 0 Å². The zero-order valence-electron chi connectivity index (χ0n) is 12.8. The molecule has 0 spiro atoms. The number of aliphatic hydroxyl groups excluding tert-OH is 1. The van der Waals surface area contributed by atoms with Gasteiger partial charge in [-0.1, -0.05) is 31.0 Å². The average molecular weight is 281 g/mol. The van der Waals surface area contributed by atoms with Crippen molar-refractivity contribution in [3.63, 3.8) is 0 Å². The van der Waals surface area contributed by atoms with Crippen LogP contribution in [0.25, 0.3) is 0 Å². The Balaban J connectivity index is 2.44. The number of hydrogen-bond donors (Lipinski definition) is 2. The Morgan fingerprint density at radius 1 is 1.30 bits per heavy atom. The van der Waals surface area contributed by atoms with E-state index in [9.17, 15) is 5.11 Å². The Morgan fingerprint density at radius 2 is 2.05 bits per heavy atom. The topological polar surface area (TPSA) is 64.7 Å². The number of ether oxygens (including phenoxy) is 2. The third-order valence-electron chi connectivity index (χ3n) is 3.04. The van der Waals surface area contributed by atoms with Crippen LogP contribution in [0.3, 0.4) is 0 Å². The first-order chi connectivity index (χ1) is 9.54. The summed E-state index contributed by atoms with van der Waals surface area (Å²) in [6.07, 6.45) is 1.49. The van der Waals surface area contributed by atoms with Crippen LogP contribution in [-0.4, -0.2) is 31.0 Å². The molecule has 1 aromatic rings. The fourth-order valence-electron chi connectivity index (χ4n) is 1.86. The fourth-order valence-corrected chi connectivity index (χ4v) is 1.86. The number of rotatable bonds is 9. The van der Waals surface area contributed by atoms with Crippen LogP contribution in [0.1, 0.15) is 43.9 Å². The minimum absolute atomic E-state index is 0.0946. The Kier molecular flexibility index (Phi) is 7.59. The van der Waals surface area contributed by atoms with E-state index in [2.05, 4.69) is 6.92 Å². The lowest BCUT2D eigenvalue weighted by Gasteiger charge is -2.17. The molecule has 0 aliphatic heterocycles. The van der Waals surface area contributed by atoms with Gasteiger partial charge >= 0.3 is 0 Å². The van der Waals surface area contributed by atoms with Crippen LogP contribution in [-0.2, 0) is 4.74 Å². The lowest BCUT2D eigenvalue weighted by molar-refractivity contribution is 0.0111. The van der Waals surface area contributed by atoms with Gasteiger partial charge in [-0.15, -0.1) is 0 Å². The molecule has 2 atom stereocenters. The van der Waals surface area contributed by atoms with Crippen LogP contribution in [0, 0.1) is 6.92 Å². The zero-order chi connectivity index (χ0) is 15.0. The van der Waals surface area contributed by atoms with Crippen LogP contribution in [0.15, 0.2) is 18.2 Å². The molecular weight excluding hydrogens is 254 g/mol. The Bertz CT molecular complexity index is 393. The number of aryl methyl sites for hydroxylation is 1. The Hall–Kier alpha value is -1.10. The quantitative estimate of drug-likeness (QED) is 0.683. The van der Waals surface area contributed by atoms with Crippen LogP contribution in [0.5, 0.6) is 5.75 Å². The van der Waals surface area contributed by atoms with Gasteiger partial charge in [-0.2, -0.15) is 0 Å². The van der Waals surface area contributed by atoms with Gasteiger partial charge in [0.05, 0.1) is 6.61 Å². The average Bonchev–Trinajstić information content (AvgIpc) is 2.42. The molecule has 0 aliphatic carbocycles. The van der Waals surface area contributed by atoms with Gasteiger partial charge in [0.2, 0.25) is 0 Å². The number of benzene rings is 1. The second kappa shape index (κ2) is 8.95. The van der Waals surface area contributed by atoms with Gasteiger partial charge in [0.1, 0.15) is 18.5 Å². The minimum Gasteiger partial charge on any atom is -0.490 e. The fraction of sp³-hybridized carbons (Fsp3) is 0.625. The summed E-state index contributed by atoms with van der Waals surface area (Å²) in [7, 11) is 0. The maximum absolute atomic E-state index is 9.81. The molecule has 0 aliphatic rings. The van der Waals surface area contributed by atoms with E-state index < -0.39 is 6.10 Å². The van der Waals surface area contributed by atoms with E-state index in [0.29, 0.717) is 13.2 Å². The summed E-state index contributed by atoms with van der Waals surface area (Å²) in [6, 6.07) is 5.80. The van der Waals surface area contributed by atoms with Crippen molar-refractivity contribution in [1.29, 1.82) is 0 Å². The van der Waals surface area contributed by atoms with E-state index in [1.54, 1.807) is 0 Å². The van der Waals surface area contributed by atoms with Crippen LogP contribution in [0.2, 0.25) is 0 Å². The van der Waals surface area contributed by atoms with Crippen molar-refractivity contribution in [3.05, 3.63) is 29.3 Å². The van der Waals surface area contributed by atoms with Crippen molar-refractivity contribution in [2.24, 2.45) is 5.73 Å². The van der Waals surface area contributed by atoms with Gasteiger partial charge in [-0.3, -0.25) is 0 Å². The lowest BCUT2D eigenvalue weighted by atomic mass is 10.1.